The molecule has 196 valence electrons. The lowest BCUT2D eigenvalue weighted by Crippen LogP contribution is -2.23. The van der Waals surface area contributed by atoms with Gasteiger partial charge in [0.05, 0.1) is 22.7 Å². The van der Waals surface area contributed by atoms with E-state index in [1.807, 2.05) is 11.9 Å². The zero-order valence-electron chi connectivity index (χ0n) is 21.8. The number of hydrogen-bond acceptors (Lipinski definition) is 5. The molecule has 3 aromatic carbocycles. The van der Waals surface area contributed by atoms with Crippen molar-refractivity contribution < 1.29 is 19.1 Å². The first-order chi connectivity index (χ1) is 18.1. The van der Waals surface area contributed by atoms with Gasteiger partial charge < -0.3 is 10.0 Å². The predicted octanol–water partition coefficient (Wildman–Crippen LogP) is 6.45. The molecule has 1 N–H and O–H groups in total. The van der Waals surface area contributed by atoms with Crippen LogP contribution in [0.25, 0.3) is 6.08 Å². The Hall–Kier alpha value is -3.91. The number of likely N-dealkylation sites (N-methyl/N-ethyl adjacent to an activating group) is 1. The molecule has 0 radical (unpaired) electrons. The predicted molar refractivity (Wildman–Crippen MR) is 152 cm³/mol. The minimum Gasteiger partial charge on any atom is -0.481 e. The molecule has 1 heterocycles. The number of amides is 1. The summed E-state index contributed by atoms with van der Waals surface area (Å²) in [7, 11) is 3.50. The van der Waals surface area contributed by atoms with E-state index >= 15 is 4.39 Å². The summed E-state index contributed by atoms with van der Waals surface area (Å²) in [5.41, 5.74) is 4.72. The van der Waals surface area contributed by atoms with Gasteiger partial charge in [0.25, 0.3) is 5.91 Å². The molecule has 1 amide bonds. The SMILES string of the molecule is CC(C)c1ccc(CN(C)c2ccc(C=C3SC(=Nc4ccc(CC(=O)O)cc4)N(C)C3=O)cc2F)cc1. The third-order valence-electron chi connectivity index (χ3n) is 6.27. The van der Waals surface area contributed by atoms with Crippen molar-refractivity contribution in [2.75, 3.05) is 19.0 Å². The molecule has 0 unspecified atom stereocenters. The summed E-state index contributed by atoms with van der Waals surface area (Å²) < 4.78 is 15.1. The molecule has 4 rings (SSSR count). The van der Waals surface area contributed by atoms with Gasteiger partial charge in [0.2, 0.25) is 0 Å². The Morgan fingerprint density at radius 3 is 2.34 bits per heavy atom. The maximum absolute atomic E-state index is 15.1. The van der Waals surface area contributed by atoms with E-state index in [4.69, 9.17) is 5.11 Å². The molecule has 1 saturated heterocycles. The zero-order valence-corrected chi connectivity index (χ0v) is 22.6. The van der Waals surface area contributed by atoms with Crippen LogP contribution in [0.4, 0.5) is 15.8 Å². The number of hydrogen-bond donors (Lipinski definition) is 1. The second-order valence-electron chi connectivity index (χ2n) is 9.57. The highest BCUT2D eigenvalue weighted by Gasteiger charge is 2.30. The van der Waals surface area contributed by atoms with Crippen molar-refractivity contribution in [3.05, 3.63) is 99.7 Å². The van der Waals surface area contributed by atoms with Crippen molar-refractivity contribution in [1.82, 2.24) is 4.90 Å². The lowest BCUT2D eigenvalue weighted by Gasteiger charge is -2.20. The third kappa shape index (κ3) is 6.50. The summed E-state index contributed by atoms with van der Waals surface area (Å²) in [6.45, 7) is 4.88. The summed E-state index contributed by atoms with van der Waals surface area (Å²) >= 11 is 1.21. The molecule has 0 bridgehead atoms. The number of benzene rings is 3. The van der Waals surface area contributed by atoms with E-state index in [-0.39, 0.29) is 18.1 Å². The van der Waals surface area contributed by atoms with Crippen LogP contribution in [0.15, 0.2) is 76.6 Å². The lowest BCUT2D eigenvalue weighted by molar-refractivity contribution is -0.136. The van der Waals surface area contributed by atoms with Gasteiger partial charge in [-0.2, -0.15) is 0 Å². The van der Waals surface area contributed by atoms with Crippen LogP contribution in [0.3, 0.4) is 0 Å². The number of aliphatic imine (C=N–C) groups is 1. The first-order valence-electron chi connectivity index (χ1n) is 12.3. The summed E-state index contributed by atoms with van der Waals surface area (Å²) in [5, 5.41) is 9.41. The quantitative estimate of drug-likeness (QED) is 0.338. The highest BCUT2D eigenvalue weighted by molar-refractivity contribution is 8.18. The molecule has 3 aromatic rings. The number of nitrogens with zero attached hydrogens (tertiary/aromatic N) is 3. The molecule has 0 aliphatic carbocycles. The van der Waals surface area contributed by atoms with Crippen molar-refractivity contribution in [2.45, 2.75) is 32.7 Å². The van der Waals surface area contributed by atoms with Gasteiger partial charge in [-0.05, 0) is 70.3 Å². The standard InChI is InChI=1S/C30H30FN3O3S/c1-19(2)23-10-5-21(6-11-23)18-33(3)26-14-9-22(15-25(26)31)16-27-29(37)34(4)30(38-27)32-24-12-7-20(8-13-24)17-28(35)36/h5-16,19H,17-18H2,1-4H3,(H,35,36). The average Bonchev–Trinajstić information content (AvgIpc) is 3.12. The highest BCUT2D eigenvalue weighted by Crippen LogP contribution is 2.34. The number of halogens is 1. The largest absolute Gasteiger partial charge is 0.481 e. The number of rotatable bonds is 8. The van der Waals surface area contributed by atoms with Gasteiger partial charge in [0.1, 0.15) is 5.82 Å². The molecule has 8 heteroatoms. The number of carbonyl (C=O) groups is 2. The van der Waals surface area contributed by atoms with Gasteiger partial charge in [0, 0.05) is 20.6 Å². The Labute approximate surface area is 226 Å². The molecule has 0 spiro atoms. The minimum atomic E-state index is -0.900. The number of carbonyl (C=O) groups excluding carboxylic acids is 1. The smallest absolute Gasteiger partial charge is 0.307 e. The third-order valence-corrected chi connectivity index (χ3v) is 7.33. The minimum absolute atomic E-state index is 0.0621. The summed E-state index contributed by atoms with van der Waals surface area (Å²) in [4.78, 5) is 32.0. The molecule has 0 aromatic heterocycles. The number of carboxylic acid groups (broad SMARTS) is 1. The first-order valence-corrected chi connectivity index (χ1v) is 13.1. The fourth-order valence-corrected chi connectivity index (χ4v) is 5.05. The van der Waals surface area contributed by atoms with Crippen LogP contribution in [0.2, 0.25) is 0 Å². The van der Waals surface area contributed by atoms with Crippen LogP contribution in [0.1, 0.15) is 42.0 Å². The van der Waals surface area contributed by atoms with Gasteiger partial charge in [-0.15, -0.1) is 0 Å². The van der Waals surface area contributed by atoms with E-state index in [1.54, 1.807) is 49.5 Å². The second-order valence-corrected chi connectivity index (χ2v) is 10.6. The summed E-state index contributed by atoms with van der Waals surface area (Å²) in [6, 6.07) is 20.2. The van der Waals surface area contributed by atoms with Gasteiger partial charge in [-0.25, -0.2) is 9.38 Å². The van der Waals surface area contributed by atoms with Crippen molar-refractivity contribution >= 4 is 46.3 Å². The Kier molecular flexibility index (Phi) is 8.32. The fourth-order valence-electron chi connectivity index (χ4n) is 4.07. The molecule has 0 atom stereocenters. The monoisotopic (exact) mass is 531 g/mol. The Morgan fingerprint density at radius 1 is 1.08 bits per heavy atom. The van der Waals surface area contributed by atoms with E-state index in [0.29, 0.717) is 45.0 Å². The number of amidine groups is 1. The topological polar surface area (TPSA) is 73.2 Å². The van der Waals surface area contributed by atoms with E-state index in [2.05, 4.69) is 43.1 Å². The zero-order chi connectivity index (χ0) is 27.4. The van der Waals surface area contributed by atoms with Crippen molar-refractivity contribution in [2.24, 2.45) is 4.99 Å². The Morgan fingerprint density at radius 2 is 1.74 bits per heavy atom. The highest BCUT2D eigenvalue weighted by atomic mass is 32.2. The molecule has 1 aliphatic heterocycles. The number of aliphatic carboxylic acids is 1. The lowest BCUT2D eigenvalue weighted by atomic mass is 10.0. The second kappa shape index (κ2) is 11.6. The molecule has 6 nitrogen and oxygen atoms in total. The van der Waals surface area contributed by atoms with Crippen molar-refractivity contribution in [1.29, 1.82) is 0 Å². The number of thioether (sulfide) groups is 1. The van der Waals surface area contributed by atoms with Crippen LogP contribution in [0, 0.1) is 5.82 Å². The fraction of sp³-hybridized carbons (Fsp3) is 0.233. The van der Waals surface area contributed by atoms with E-state index in [0.717, 1.165) is 5.56 Å². The summed E-state index contributed by atoms with van der Waals surface area (Å²) in [5.74, 6) is -1.02. The molecular weight excluding hydrogens is 501 g/mol. The van der Waals surface area contributed by atoms with Crippen molar-refractivity contribution in [3.63, 3.8) is 0 Å². The van der Waals surface area contributed by atoms with Crippen LogP contribution in [-0.4, -0.2) is 41.1 Å². The summed E-state index contributed by atoms with van der Waals surface area (Å²) in [6.07, 6.45) is 1.60. The van der Waals surface area contributed by atoms with Gasteiger partial charge in [0.15, 0.2) is 5.17 Å². The van der Waals surface area contributed by atoms with Crippen LogP contribution in [0.5, 0.6) is 0 Å². The van der Waals surface area contributed by atoms with Gasteiger partial charge >= 0.3 is 5.97 Å². The van der Waals surface area contributed by atoms with E-state index in [1.165, 1.54) is 28.3 Å². The molecular formula is C30H30FN3O3S. The average molecular weight is 532 g/mol. The Bertz CT molecular complexity index is 1400. The number of carboxylic acids is 1. The van der Waals surface area contributed by atoms with Crippen LogP contribution < -0.4 is 4.90 Å². The molecule has 0 saturated carbocycles. The number of anilines is 1. The molecule has 1 fully saturated rings. The Balaban J connectivity index is 1.47. The first kappa shape index (κ1) is 27.1. The molecule has 1 aliphatic rings. The van der Waals surface area contributed by atoms with Crippen molar-refractivity contribution in [3.8, 4) is 0 Å². The van der Waals surface area contributed by atoms with Gasteiger partial charge in [-0.1, -0.05) is 56.3 Å². The maximum Gasteiger partial charge on any atom is 0.307 e. The molecule has 38 heavy (non-hydrogen) atoms. The maximum atomic E-state index is 15.1. The normalized spacial score (nSPS) is 15.6. The van der Waals surface area contributed by atoms with Crippen LogP contribution >= 0.6 is 11.8 Å². The van der Waals surface area contributed by atoms with E-state index < -0.39 is 5.97 Å². The van der Waals surface area contributed by atoms with Gasteiger partial charge in [-0.3, -0.25) is 14.5 Å². The van der Waals surface area contributed by atoms with E-state index in [9.17, 15) is 9.59 Å². The van der Waals surface area contributed by atoms with Crippen LogP contribution in [-0.2, 0) is 22.6 Å².